The lowest BCUT2D eigenvalue weighted by Gasteiger charge is -2.36. The Hall–Kier alpha value is -2.14. The van der Waals surface area contributed by atoms with Gasteiger partial charge in [0.25, 0.3) is 0 Å². The zero-order valence-electron chi connectivity index (χ0n) is 13.2. The molecule has 1 aromatic carbocycles. The van der Waals surface area contributed by atoms with Gasteiger partial charge < -0.3 is 10.0 Å². The normalized spacial score (nSPS) is 21.3. The highest BCUT2D eigenvalue weighted by Gasteiger charge is 2.30. The number of benzene rings is 1. The van der Waals surface area contributed by atoms with Crippen molar-refractivity contribution in [2.45, 2.75) is 37.7 Å². The lowest BCUT2D eigenvalue weighted by atomic mass is 9.87. The van der Waals surface area contributed by atoms with Gasteiger partial charge in [-0.2, -0.15) is 5.10 Å². The summed E-state index contributed by atoms with van der Waals surface area (Å²) in [4.78, 5) is 14.1. The summed E-state index contributed by atoms with van der Waals surface area (Å²) in [7, 11) is 0. The number of β-amino-alcohol motifs (C(OH)–C–C–N with tert-alkyl or cyclic N) is 1. The first-order valence-corrected chi connectivity index (χ1v) is 8.22. The molecule has 0 radical (unpaired) electrons. The topological polar surface area (TPSA) is 69.2 Å². The standard InChI is InChI=1S/C18H23N3O2/c22-17-13-21(10-9-16(17)15-6-2-1-3-7-15)18(23)8-4-5-14-11-19-20-12-14/h1-3,6-7,11-12,16-17,22H,4-5,8-10,13H2,(H,19,20)/t16-,17-/m1/s1. The third kappa shape index (κ3) is 3.99. The molecule has 2 atom stereocenters. The van der Waals surface area contributed by atoms with Gasteiger partial charge in [0.2, 0.25) is 5.91 Å². The molecule has 5 nitrogen and oxygen atoms in total. The van der Waals surface area contributed by atoms with Crippen molar-refractivity contribution in [1.29, 1.82) is 0 Å². The molecular formula is C18H23N3O2. The molecule has 1 aliphatic heterocycles. The molecule has 2 heterocycles. The van der Waals surface area contributed by atoms with E-state index in [1.165, 1.54) is 0 Å². The minimum atomic E-state index is -0.482. The van der Waals surface area contributed by atoms with Crippen molar-refractivity contribution in [3.8, 4) is 0 Å². The number of hydrogen-bond donors (Lipinski definition) is 2. The van der Waals surface area contributed by atoms with E-state index in [2.05, 4.69) is 22.3 Å². The third-order valence-corrected chi connectivity index (χ3v) is 4.57. The predicted octanol–water partition coefficient (Wildman–Crippen LogP) is 2.11. The van der Waals surface area contributed by atoms with Crippen molar-refractivity contribution in [1.82, 2.24) is 15.1 Å². The van der Waals surface area contributed by atoms with Crippen LogP contribution in [-0.2, 0) is 11.2 Å². The van der Waals surface area contributed by atoms with Crippen LogP contribution in [0.2, 0.25) is 0 Å². The maximum absolute atomic E-state index is 12.3. The number of aromatic amines is 1. The van der Waals surface area contributed by atoms with Crippen molar-refractivity contribution in [3.63, 3.8) is 0 Å². The lowest BCUT2D eigenvalue weighted by molar-refractivity contribution is -0.134. The Balaban J connectivity index is 1.48. The minimum Gasteiger partial charge on any atom is -0.391 e. The maximum atomic E-state index is 12.3. The zero-order chi connectivity index (χ0) is 16.1. The predicted molar refractivity (Wildman–Crippen MR) is 87.9 cm³/mol. The van der Waals surface area contributed by atoms with E-state index in [1.54, 1.807) is 11.1 Å². The molecule has 1 amide bonds. The number of aryl methyl sites for hydroxylation is 1. The van der Waals surface area contributed by atoms with Crippen LogP contribution in [0.1, 0.15) is 36.3 Å². The largest absolute Gasteiger partial charge is 0.391 e. The summed E-state index contributed by atoms with van der Waals surface area (Å²) in [6, 6.07) is 10.1. The number of amides is 1. The van der Waals surface area contributed by atoms with Crippen LogP contribution < -0.4 is 0 Å². The van der Waals surface area contributed by atoms with E-state index in [-0.39, 0.29) is 11.8 Å². The van der Waals surface area contributed by atoms with Crippen LogP contribution in [0.15, 0.2) is 42.7 Å². The summed E-state index contributed by atoms with van der Waals surface area (Å²) in [5.41, 5.74) is 2.28. The van der Waals surface area contributed by atoms with E-state index in [4.69, 9.17) is 0 Å². The third-order valence-electron chi connectivity index (χ3n) is 4.57. The van der Waals surface area contributed by atoms with Gasteiger partial charge >= 0.3 is 0 Å². The fourth-order valence-corrected chi connectivity index (χ4v) is 3.26. The zero-order valence-corrected chi connectivity index (χ0v) is 13.2. The number of carbonyl (C=O) groups excluding carboxylic acids is 1. The first kappa shape index (κ1) is 15.7. The van der Waals surface area contributed by atoms with Crippen molar-refractivity contribution in [3.05, 3.63) is 53.9 Å². The molecule has 0 spiro atoms. The number of hydrogen-bond acceptors (Lipinski definition) is 3. The Morgan fingerprint density at radius 1 is 1.35 bits per heavy atom. The Morgan fingerprint density at radius 3 is 2.87 bits per heavy atom. The number of aliphatic hydroxyl groups is 1. The number of likely N-dealkylation sites (tertiary alicyclic amines) is 1. The monoisotopic (exact) mass is 313 g/mol. The van der Waals surface area contributed by atoms with Crippen molar-refractivity contribution in [2.24, 2.45) is 0 Å². The highest BCUT2D eigenvalue weighted by atomic mass is 16.3. The van der Waals surface area contributed by atoms with Crippen LogP contribution in [0.4, 0.5) is 0 Å². The number of nitrogens with one attached hydrogen (secondary N) is 1. The molecule has 3 rings (SSSR count). The molecule has 2 aromatic rings. The van der Waals surface area contributed by atoms with Crippen LogP contribution in [0.25, 0.3) is 0 Å². The number of aromatic nitrogens is 2. The Labute approximate surface area is 136 Å². The molecule has 122 valence electrons. The summed E-state index contributed by atoms with van der Waals surface area (Å²) >= 11 is 0. The smallest absolute Gasteiger partial charge is 0.222 e. The highest BCUT2D eigenvalue weighted by Crippen LogP contribution is 2.28. The van der Waals surface area contributed by atoms with Gasteiger partial charge in [0, 0.05) is 31.6 Å². The molecule has 0 aliphatic carbocycles. The second-order valence-corrected chi connectivity index (χ2v) is 6.17. The van der Waals surface area contributed by atoms with Gasteiger partial charge in [-0.15, -0.1) is 0 Å². The summed E-state index contributed by atoms with van der Waals surface area (Å²) in [5, 5.41) is 17.1. The van der Waals surface area contributed by atoms with Crippen molar-refractivity contribution < 1.29 is 9.90 Å². The number of carbonyl (C=O) groups is 1. The molecule has 1 aromatic heterocycles. The lowest BCUT2D eigenvalue weighted by Crippen LogP contribution is -2.45. The van der Waals surface area contributed by atoms with Gasteiger partial charge in [0.15, 0.2) is 0 Å². The molecule has 23 heavy (non-hydrogen) atoms. The molecule has 5 heteroatoms. The van der Waals surface area contributed by atoms with Gasteiger partial charge in [0.05, 0.1) is 12.3 Å². The van der Waals surface area contributed by atoms with E-state index in [0.717, 1.165) is 36.9 Å². The second-order valence-electron chi connectivity index (χ2n) is 6.17. The summed E-state index contributed by atoms with van der Waals surface area (Å²) in [6.07, 6.45) is 6.17. The van der Waals surface area contributed by atoms with Gasteiger partial charge in [-0.05, 0) is 30.4 Å². The van der Waals surface area contributed by atoms with Crippen LogP contribution in [0.5, 0.6) is 0 Å². The number of rotatable bonds is 5. The molecule has 0 saturated carbocycles. The summed E-state index contributed by atoms with van der Waals surface area (Å²) < 4.78 is 0. The van der Waals surface area contributed by atoms with Crippen molar-refractivity contribution >= 4 is 5.91 Å². The molecule has 0 unspecified atom stereocenters. The number of aliphatic hydroxyl groups excluding tert-OH is 1. The van der Waals surface area contributed by atoms with Gasteiger partial charge in [0.1, 0.15) is 0 Å². The Morgan fingerprint density at radius 2 is 2.17 bits per heavy atom. The minimum absolute atomic E-state index is 0.131. The summed E-state index contributed by atoms with van der Waals surface area (Å²) in [5.74, 6) is 0.269. The first-order valence-electron chi connectivity index (χ1n) is 8.22. The first-order chi connectivity index (χ1) is 11.2. The Kier molecular flexibility index (Phi) is 5.08. The van der Waals surface area contributed by atoms with E-state index in [9.17, 15) is 9.90 Å². The average Bonchev–Trinajstić information content (AvgIpc) is 3.09. The van der Waals surface area contributed by atoms with E-state index >= 15 is 0 Å². The van der Waals surface area contributed by atoms with Crippen molar-refractivity contribution in [2.75, 3.05) is 13.1 Å². The maximum Gasteiger partial charge on any atom is 0.222 e. The molecule has 0 bridgehead atoms. The highest BCUT2D eigenvalue weighted by molar-refractivity contribution is 5.76. The van der Waals surface area contributed by atoms with E-state index in [1.807, 2.05) is 24.4 Å². The SMILES string of the molecule is O=C(CCCc1cn[nH]c1)N1CC[C@H](c2ccccc2)[C@H](O)C1. The fraction of sp³-hybridized carbons (Fsp3) is 0.444. The summed E-state index contributed by atoms with van der Waals surface area (Å²) in [6.45, 7) is 1.16. The van der Waals surface area contributed by atoms with Gasteiger partial charge in [-0.25, -0.2) is 0 Å². The molecule has 1 saturated heterocycles. The van der Waals surface area contributed by atoms with Gasteiger partial charge in [-0.1, -0.05) is 30.3 Å². The number of nitrogens with zero attached hydrogens (tertiary/aromatic N) is 2. The molecule has 1 fully saturated rings. The van der Waals surface area contributed by atoms with Crippen LogP contribution in [0, 0.1) is 0 Å². The number of piperidine rings is 1. The second kappa shape index (κ2) is 7.42. The van der Waals surface area contributed by atoms with E-state index < -0.39 is 6.10 Å². The van der Waals surface area contributed by atoms with Crippen LogP contribution >= 0.6 is 0 Å². The Bertz CT molecular complexity index is 612. The van der Waals surface area contributed by atoms with Gasteiger partial charge in [-0.3, -0.25) is 9.89 Å². The molecule has 1 aliphatic rings. The van der Waals surface area contributed by atoms with Crippen LogP contribution in [0.3, 0.4) is 0 Å². The molecular weight excluding hydrogens is 290 g/mol. The van der Waals surface area contributed by atoms with E-state index in [0.29, 0.717) is 13.0 Å². The van der Waals surface area contributed by atoms with Crippen LogP contribution in [-0.4, -0.2) is 45.3 Å². The quantitative estimate of drug-likeness (QED) is 0.888. The average molecular weight is 313 g/mol. The number of H-pyrrole nitrogens is 1. The molecule has 2 N–H and O–H groups in total. The fourth-order valence-electron chi connectivity index (χ4n) is 3.26.